The predicted molar refractivity (Wildman–Crippen MR) is 30.7 cm³/mol. The lowest BCUT2D eigenvalue weighted by Crippen LogP contribution is -2.34. The summed E-state index contributed by atoms with van der Waals surface area (Å²) in [5.74, 6) is -0.217. The summed E-state index contributed by atoms with van der Waals surface area (Å²) in [4.78, 5) is 10.6. The van der Waals surface area contributed by atoms with E-state index in [1.54, 1.807) is 0 Å². The van der Waals surface area contributed by atoms with Crippen molar-refractivity contribution in [3.05, 3.63) is 0 Å². The molecule has 0 aliphatic carbocycles. The standard InChI is InChI=1S/C5H10N2O2/c6-3-4-1-2-5(8)7(4)9/h4,9H,1-3,6H2. The molecule has 1 rings (SSSR count). The summed E-state index contributed by atoms with van der Waals surface area (Å²) in [5, 5.41) is 9.60. The van der Waals surface area contributed by atoms with E-state index >= 15 is 0 Å². The lowest BCUT2D eigenvalue weighted by Gasteiger charge is -2.14. The van der Waals surface area contributed by atoms with Crippen LogP contribution in [0.2, 0.25) is 0 Å². The summed E-state index contributed by atoms with van der Waals surface area (Å²) in [7, 11) is 0. The van der Waals surface area contributed by atoms with Crippen LogP contribution in [0.3, 0.4) is 0 Å². The van der Waals surface area contributed by atoms with E-state index < -0.39 is 0 Å². The molecule has 4 nitrogen and oxygen atoms in total. The van der Waals surface area contributed by atoms with E-state index in [1.807, 2.05) is 0 Å². The lowest BCUT2D eigenvalue weighted by molar-refractivity contribution is -0.164. The molecule has 1 heterocycles. The Labute approximate surface area is 53.2 Å². The number of nitrogens with zero attached hydrogens (tertiary/aromatic N) is 1. The van der Waals surface area contributed by atoms with Crippen LogP contribution in [0.5, 0.6) is 0 Å². The van der Waals surface area contributed by atoms with Crippen LogP contribution < -0.4 is 5.73 Å². The van der Waals surface area contributed by atoms with Crippen molar-refractivity contribution in [2.75, 3.05) is 6.54 Å². The van der Waals surface area contributed by atoms with Gasteiger partial charge in [-0.3, -0.25) is 10.0 Å². The Kier molecular flexibility index (Phi) is 1.68. The molecule has 52 valence electrons. The first-order valence-electron chi connectivity index (χ1n) is 2.96. The van der Waals surface area contributed by atoms with E-state index in [2.05, 4.69) is 0 Å². The molecule has 1 fully saturated rings. The van der Waals surface area contributed by atoms with E-state index in [4.69, 9.17) is 10.9 Å². The highest BCUT2D eigenvalue weighted by Gasteiger charge is 2.28. The molecule has 0 saturated carbocycles. The monoisotopic (exact) mass is 130 g/mol. The van der Waals surface area contributed by atoms with Crippen molar-refractivity contribution in [1.82, 2.24) is 5.06 Å². The summed E-state index contributed by atoms with van der Waals surface area (Å²) >= 11 is 0. The first kappa shape index (κ1) is 6.51. The Bertz CT molecular complexity index is 126. The molecule has 1 aliphatic rings. The summed E-state index contributed by atoms with van der Waals surface area (Å²) in [6.07, 6.45) is 1.12. The molecule has 1 amide bonds. The van der Waals surface area contributed by atoms with Gasteiger partial charge in [-0.15, -0.1) is 0 Å². The number of carbonyl (C=O) groups is 1. The van der Waals surface area contributed by atoms with E-state index in [-0.39, 0.29) is 11.9 Å². The van der Waals surface area contributed by atoms with E-state index in [0.29, 0.717) is 19.4 Å². The predicted octanol–water partition coefficient (Wildman–Crippen LogP) is -0.675. The summed E-state index contributed by atoms with van der Waals surface area (Å²) in [6.45, 7) is 0.349. The van der Waals surface area contributed by atoms with Gasteiger partial charge in [0.05, 0.1) is 6.04 Å². The quantitative estimate of drug-likeness (QED) is 0.462. The van der Waals surface area contributed by atoms with E-state index in [0.717, 1.165) is 5.06 Å². The van der Waals surface area contributed by atoms with Gasteiger partial charge in [-0.1, -0.05) is 0 Å². The van der Waals surface area contributed by atoms with Gasteiger partial charge in [0.1, 0.15) is 0 Å². The van der Waals surface area contributed by atoms with Crippen LogP contribution in [0.15, 0.2) is 0 Å². The maximum Gasteiger partial charge on any atom is 0.246 e. The SMILES string of the molecule is NCC1CCC(=O)N1O. The third-order valence-corrected chi connectivity index (χ3v) is 1.56. The first-order chi connectivity index (χ1) is 4.25. The van der Waals surface area contributed by atoms with Gasteiger partial charge < -0.3 is 5.73 Å². The molecule has 0 radical (unpaired) electrons. The molecule has 0 aromatic rings. The largest absolute Gasteiger partial charge is 0.328 e. The molecule has 3 N–H and O–H groups in total. The second-order valence-electron chi connectivity index (χ2n) is 2.17. The lowest BCUT2D eigenvalue weighted by atomic mass is 10.2. The van der Waals surface area contributed by atoms with E-state index in [1.165, 1.54) is 0 Å². The van der Waals surface area contributed by atoms with Crippen LogP contribution in [0.1, 0.15) is 12.8 Å². The molecule has 0 aromatic carbocycles. The zero-order chi connectivity index (χ0) is 6.85. The van der Waals surface area contributed by atoms with Crippen LogP contribution >= 0.6 is 0 Å². The van der Waals surface area contributed by atoms with Crippen molar-refractivity contribution in [2.24, 2.45) is 5.73 Å². The van der Waals surface area contributed by atoms with Gasteiger partial charge in [0.15, 0.2) is 0 Å². The van der Waals surface area contributed by atoms with Crippen molar-refractivity contribution in [1.29, 1.82) is 0 Å². The van der Waals surface area contributed by atoms with Crippen LogP contribution in [0.25, 0.3) is 0 Å². The summed E-state index contributed by atoms with van der Waals surface area (Å²) in [6, 6.07) is -0.141. The highest BCUT2D eigenvalue weighted by molar-refractivity contribution is 5.77. The Morgan fingerprint density at radius 2 is 2.56 bits per heavy atom. The minimum atomic E-state index is -0.217. The highest BCUT2D eigenvalue weighted by atomic mass is 16.5. The number of hydroxylamine groups is 2. The molecule has 0 bridgehead atoms. The van der Waals surface area contributed by atoms with E-state index in [9.17, 15) is 4.79 Å². The maximum atomic E-state index is 10.6. The average Bonchev–Trinajstić information content (AvgIpc) is 2.15. The molecular weight excluding hydrogens is 120 g/mol. The minimum absolute atomic E-state index is 0.141. The zero-order valence-corrected chi connectivity index (χ0v) is 5.08. The highest BCUT2D eigenvalue weighted by Crippen LogP contribution is 2.13. The van der Waals surface area contributed by atoms with Crippen molar-refractivity contribution in [3.63, 3.8) is 0 Å². The molecule has 1 unspecified atom stereocenters. The minimum Gasteiger partial charge on any atom is -0.328 e. The molecule has 0 spiro atoms. The number of hydrogen-bond acceptors (Lipinski definition) is 3. The van der Waals surface area contributed by atoms with Gasteiger partial charge in [0.25, 0.3) is 0 Å². The fourth-order valence-electron chi connectivity index (χ4n) is 0.948. The van der Waals surface area contributed by atoms with Crippen molar-refractivity contribution in [2.45, 2.75) is 18.9 Å². The third kappa shape index (κ3) is 1.04. The van der Waals surface area contributed by atoms with Gasteiger partial charge in [-0.2, -0.15) is 0 Å². The van der Waals surface area contributed by atoms with Gasteiger partial charge in [0, 0.05) is 13.0 Å². The second kappa shape index (κ2) is 2.33. The smallest absolute Gasteiger partial charge is 0.246 e. The molecule has 9 heavy (non-hydrogen) atoms. The average molecular weight is 130 g/mol. The van der Waals surface area contributed by atoms with Gasteiger partial charge in [-0.05, 0) is 6.42 Å². The number of rotatable bonds is 1. The van der Waals surface area contributed by atoms with Gasteiger partial charge in [0.2, 0.25) is 5.91 Å². The number of hydrogen-bond donors (Lipinski definition) is 2. The van der Waals surface area contributed by atoms with Gasteiger partial charge >= 0.3 is 0 Å². The number of carbonyl (C=O) groups excluding carboxylic acids is 1. The van der Waals surface area contributed by atoms with Crippen LogP contribution in [0, 0.1) is 0 Å². The second-order valence-corrected chi connectivity index (χ2v) is 2.17. The first-order valence-corrected chi connectivity index (χ1v) is 2.96. The Morgan fingerprint density at radius 1 is 1.89 bits per heavy atom. The summed E-state index contributed by atoms with van der Waals surface area (Å²) < 4.78 is 0. The van der Waals surface area contributed by atoms with Gasteiger partial charge in [-0.25, -0.2) is 5.06 Å². The zero-order valence-electron chi connectivity index (χ0n) is 5.08. The van der Waals surface area contributed by atoms with Crippen LogP contribution in [-0.2, 0) is 4.79 Å². The van der Waals surface area contributed by atoms with Crippen molar-refractivity contribution in [3.8, 4) is 0 Å². The molecular formula is C5H10N2O2. The molecule has 1 atom stereocenters. The van der Waals surface area contributed by atoms with Crippen molar-refractivity contribution < 1.29 is 10.0 Å². The Hall–Kier alpha value is -0.610. The number of nitrogens with two attached hydrogens (primary N) is 1. The van der Waals surface area contributed by atoms with Crippen LogP contribution in [0.4, 0.5) is 0 Å². The summed E-state index contributed by atoms with van der Waals surface area (Å²) in [5.41, 5.74) is 5.23. The molecule has 1 saturated heterocycles. The fraction of sp³-hybridized carbons (Fsp3) is 0.800. The Balaban J connectivity index is 2.51. The maximum absolute atomic E-state index is 10.6. The topological polar surface area (TPSA) is 66.6 Å². The number of amides is 1. The van der Waals surface area contributed by atoms with Crippen molar-refractivity contribution >= 4 is 5.91 Å². The normalized spacial score (nSPS) is 27.6. The molecule has 4 heteroatoms. The van der Waals surface area contributed by atoms with Crippen LogP contribution in [-0.4, -0.2) is 28.8 Å². The molecule has 1 aliphatic heterocycles. The fourth-order valence-corrected chi connectivity index (χ4v) is 0.948. The molecule has 0 aromatic heterocycles. The Morgan fingerprint density at radius 3 is 2.78 bits per heavy atom. The third-order valence-electron chi connectivity index (χ3n) is 1.56.